The first-order chi connectivity index (χ1) is 9.97. The summed E-state index contributed by atoms with van der Waals surface area (Å²) in [5.74, 6) is -0.293. The van der Waals surface area contributed by atoms with Crippen LogP contribution < -0.4 is 5.32 Å². The van der Waals surface area contributed by atoms with Gasteiger partial charge in [-0.25, -0.2) is 4.39 Å². The van der Waals surface area contributed by atoms with Crippen molar-refractivity contribution in [3.63, 3.8) is 0 Å². The Morgan fingerprint density at radius 1 is 1.05 bits per heavy atom. The number of halogens is 2. The molecular weight excluding hydrogens is 285 g/mol. The Hall–Kier alpha value is -1.38. The standard InChI is InChI=1S/C18H21ClFN/c1-12-6-13(2)8-14(7-12)9-17(21-3)10-15-4-5-16(20)11-18(15)19/h4-8,11,17,21H,9-10H2,1-3H3. The second-order valence-electron chi connectivity index (χ2n) is 5.63. The topological polar surface area (TPSA) is 12.0 Å². The minimum Gasteiger partial charge on any atom is -0.316 e. The summed E-state index contributed by atoms with van der Waals surface area (Å²) in [5.41, 5.74) is 4.84. The molecule has 0 amide bonds. The maximum Gasteiger partial charge on any atom is 0.124 e. The molecule has 0 aromatic heterocycles. The van der Waals surface area contributed by atoms with Crippen molar-refractivity contribution in [1.29, 1.82) is 0 Å². The molecule has 0 aliphatic heterocycles. The van der Waals surface area contributed by atoms with E-state index in [0.717, 1.165) is 18.4 Å². The zero-order valence-electron chi connectivity index (χ0n) is 12.7. The van der Waals surface area contributed by atoms with E-state index in [9.17, 15) is 4.39 Å². The van der Waals surface area contributed by atoms with Crippen molar-refractivity contribution in [3.8, 4) is 0 Å². The number of hydrogen-bond acceptors (Lipinski definition) is 1. The zero-order chi connectivity index (χ0) is 15.4. The lowest BCUT2D eigenvalue weighted by atomic mass is 9.97. The first-order valence-corrected chi connectivity index (χ1v) is 7.54. The number of rotatable bonds is 5. The number of nitrogens with one attached hydrogen (secondary N) is 1. The van der Waals surface area contributed by atoms with Crippen LogP contribution in [0.2, 0.25) is 5.02 Å². The van der Waals surface area contributed by atoms with Crippen molar-refractivity contribution >= 4 is 11.6 Å². The smallest absolute Gasteiger partial charge is 0.124 e. The molecule has 0 saturated heterocycles. The van der Waals surface area contributed by atoms with E-state index in [4.69, 9.17) is 11.6 Å². The Balaban J connectivity index is 2.12. The monoisotopic (exact) mass is 305 g/mol. The molecule has 0 heterocycles. The summed E-state index contributed by atoms with van der Waals surface area (Å²) < 4.78 is 13.1. The van der Waals surface area contributed by atoms with Crippen LogP contribution in [0.5, 0.6) is 0 Å². The molecule has 21 heavy (non-hydrogen) atoms. The first-order valence-electron chi connectivity index (χ1n) is 7.16. The highest BCUT2D eigenvalue weighted by Gasteiger charge is 2.12. The van der Waals surface area contributed by atoms with Gasteiger partial charge in [0.2, 0.25) is 0 Å². The SMILES string of the molecule is CNC(Cc1cc(C)cc(C)c1)Cc1ccc(F)cc1Cl. The van der Waals surface area contributed by atoms with E-state index in [1.165, 1.54) is 28.8 Å². The van der Waals surface area contributed by atoms with Crippen LogP contribution in [0.25, 0.3) is 0 Å². The summed E-state index contributed by atoms with van der Waals surface area (Å²) in [6, 6.07) is 11.5. The van der Waals surface area contributed by atoms with Crippen LogP contribution in [0.1, 0.15) is 22.3 Å². The molecule has 0 radical (unpaired) electrons. The largest absolute Gasteiger partial charge is 0.316 e. The fourth-order valence-corrected chi connectivity index (χ4v) is 2.94. The highest BCUT2D eigenvalue weighted by molar-refractivity contribution is 6.31. The van der Waals surface area contributed by atoms with E-state index in [0.29, 0.717) is 5.02 Å². The lowest BCUT2D eigenvalue weighted by Crippen LogP contribution is -2.30. The number of likely N-dealkylation sites (N-methyl/N-ethyl adjacent to an activating group) is 1. The highest BCUT2D eigenvalue weighted by Crippen LogP contribution is 2.20. The van der Waals surface area contributed by atoms with E-state index in [-0.39, 0.29) is 11.9 Å². The van der Waals surface area contributed by atoms with Crippen LogP contribution in [0.15, 0.2) is 36.4 Å². The highest BCUT2D eigenvalue weighted by atomic mass is 35.5. The van der Waals surface area contributed by atoms with E-state index >= 15 is 0 Å². The molecule has 1 atom stereocenters. The van der Waals surface area contributed by atoms with Gasteiger partial charge in [0.15, 0.2) is 0 Å². The summed E-state index contributed by atoms with van der Waals surface area (Å²) in [7, 11) is 1.95. The third-order valence-electron chi connectivity index (χ3n) is 3.65. The molecule has 0 fully saturated rings. The predicted octanol–water partition coefficient (Wildman–Crippen LogP) is 4.47. The van der Waals surface area contributed by atoms with Crippen molar-refractivity contribution < 1.29 is 4.39 Å². The summed E-state index contributed by atoms with van der Waals surface area (Å²) in [4.78, 5) is 0. The van der Waals surface area contributed by atoms with Crippen molar-refractivity contribution in [1.82, 2.24) is 5.32 Å². The van der Waals surface area contributed by atoms with E-state index in [1.54, 1.807) is 6.07 Å². The lowest BCUT2D eigenvalue weighted by Gasteiger charge is -2.18. The Morgan fingerprint density at radius 2 is 1.71 bits per heavy atom. The molecule has 1 unspecified atom stereocenters. The fourth-order valence-electron chi connectivity index (χ4n) is 2.70. The Morgan fingerprint density at radius 3 is 2.29 bits per heavy atom. The molecule has 1 nitrogen and oxygen atoms in total. The third kappa shape index (κ3) is 4.55. The van der Waals surface area contributed by atoms with Gasteiger partial charge in [-0.1, -0.05) is 47.0 Å². The molecule has 0 aliphatic carbocycles. The van der Waals surface area contributed by atoms with Gasteiger partial charge < -0.3 is 5.32 Å². The fraction of sp³-hybridized carbons (Fsp3) is 0.333. The molecular formula is C18H21ClFN. The van der Waals surface area contributed by atoms with Gasteiger partial charge in [0.25, 0.3) is 0 Å². The number of hydrogen-bond donors (Lipinski definition) is 1. The summed E-state index contributed by atoms with van der Waals surface area (Å²) in [6.45, 7) is 4.23. The van der Waals surface area contributed by atoms with Gasteiger partial charge in [-0.05, 0) is 57.0 Å². The molecule has 3 heteroatoms. The quantitative estimate of drug-likeness (QED) is 0.859. The Bertz CT molecular complexity index is 604. The van der Waals surface area contributed by atoms with Crippen LogP contribution >= 0.6 is 11.6 Å². The van der Waals surface area contributed by atoms with Crippen molar-refractivity contribution in [2.75, 3.05) is 7.05 Å². The molecule has 2 aromatic carbocycles. The number of aryl methyl sites for hydroxylation is 2. The maximum absolute atomic E-state index is 13.1. The Labute approximate surface area is 131 Å². The van der Waals surface area contributed by atoms with Gasteiger partial charge in [0.05, 0.1) is 0 Å². The van der Waals surface area contributed by atoms with E-state index in [1.807, 2.05) is 7.05 Å². The van der Waals surface area contributed by atoms with Crippen LogP contribution in [0, 0.1) is 19.7 Å². The van der Waals surface area contributed by atoms with Gasteiger partial charge in [-0.3, -0.25) is 0 Å². The molecule has 0 saturated carbocycles. The van der Waals surface area contributed by atoms with E-state index in [2.05, 4.69) is 37.4 Å². The molecule has 0 aliphatic rings. The van der Waals surface area contributed by atoms with Crippen molar-refractivity contribution in [2.24, 2.45) is 0 Å². The van der Waals surface area contributed by atoms with Gasteiger partial charge in [-0.2, -0.15) is 0 Å². The zero-order valence-corrected chi connectivity index (χ0v) is 13.5. The summed E-state index contributed by atoms with van der Waals surface area (Å²) in [6.07, 6.45) is 1.70. The maximum atomic E-state index is 13.1. The molecule has 112 valence electrons. The first kappa shape index (κ1) is 16.0. The van der Waals surface area contributed by atoms with Crippen LogP contribution in [0.3, 0.4) is 0 Å². The van der Waals surface area contributed by atoms with Crippen LogP contribution in [-0.2, 0) is 12.8 Å². The second kappa shape index (κ2) is 7.06. The van der Waals surface area contributed by atoms with Gasteiger partial charge >= 0.3 is 0 Å². The van der Waals surface area contributed by atoms with Gasteiger partial charge in [0, 0.05) is 11.1 Å². The molecule has 2 rings (SSSR count). The summed E-state index contributed by atoms with van der Waals surface area (Å²) in [5, 5.41) is 3.82. The van der Waals surface area contributed by atoms with Gasteiger partial charge in [-0.15, -0.1) is 0 Å². The molecule has 0 spiro atoms. The van der Waals surface area contributed by atoms with Crippen LogP contribution in [-0.4, -0.2) is 13.1 Å². The van der Waals surface area contributed by atoms with Crippen molar-refractivity contribution in [3.05, 3.63) is 69.5 Å². The molecule has 2 aromatic rings. The minimum atomic E-state index is -0.293. The van der Waals surface area contributed by atoms with Crippen LogP contribution in [0.4, 0.5) is 4.39 Å². The third-order valence-corrected chi connectivity index (χ3v) is 4.01. The van der Waals surface area contributed by atoms with Crippen molar-refractivity contribution in [2.45, 2.75) is 32.7 Å². The lowest BCUT2D eigenvalue weighted by molar-refractivity contribution is 0.555. The average molecular weight is 306 g/mol. The van der Waals surface area contributed by atoms with Gasteiger partial charge in [0.1, 0.15) is 5.82 Å². The normalized spacial score (nSPS) is 12.4. The molecule has 0 bridgehead atoms. The average Bonchev–Trinajstić information content (AvgIpc) is 2.39. The Kier molecular flexibility index (Phi) is 5.38. The minimum absolute atomic E-state index is 0.272. The summed E-state index contributed by atoms with van der Waals surface area (Å²) >= 11 is 6.12. The predicted molar refractivity (Wildman–Crippen MR) is 87.6 cm³/mol. The number of benzene rings is 2. The van der Waals surface area contributed by atoms with E-state index < -0.39 is 0 Å². The molecule has 1 N–H and O–H groups in total. The second-order valence-corrected chi connectivity index (χ2v) is 6.03.